The van der Waals surface area contributed by atoms with Crippen LogP contribution in [0.2, 0.25) is 0 Å². The molecule has 2 unspecified atom stereocenters. The molecule has 0 radical (unpaired) electrons. The summed E-state index contributed by atoms with van der Waals surface area (Å²) in [6.45, 7) is -0.144. The van der Waals surface area contributed by atoms with Crippen molar-refractivity contribution in [2.75, 3.05) is 18.9 Å². The highest BCUT2D eigenvalue weighted by molar-refractivity contribution is 5.94. The molecule has 0 spiro atoms. The van der Waals surface area contributed by atoms with Crippen LogP contribution < -0.4 is 10.6 Å². The summed E-state index contributed by atoms with van der Waals surface area (Å²) in [6.07, 6.45) is 4.80. The number of nitrogens with zero attached hydrogens (tertiary/aromatic N) is 1. The highest BCUT2D eigenvalue weighted by atomic mass is 19.1. The average Bonchev–Trinajstić information content (AvgIpc) is 2.84. The number of carbonyl (C=O) groups excluding carboxylic acids is 2. The van der Waals surface area contributed by atoms with Gasteiger partial charge in [0.25, 0.3) is 0 Å². The lowest BCUT2D eigenvalue weighted by Gasteiger charge is -2.29. The summed E-state index contributed by atoms with van der Waals surface area (Å²) in [6, 6.07) is 3.85. The van der Waals surface area contributed by atoms with Gasteiger partial charge in [-0.2, -0.15) is 0 Å². The van der Waals surface area contributed by atoms with E-state index in [1.54, 1.807) is 7.05 Å². The van der Waals surface area contributed by atoms with Gasteiger partial charge in [0.15, 0.2) is 0 Å². The van der Waals surface area contributed by atoms with Crippen LogP contribution in [-0.2, 0) is 9.59 Å². The summed E-state index contributed by atoms with van der Waals surface area (Å²) in [4.78, 5) is 25.7. The van der Waals surface area contributed by atoms with Crippen LogP contribution in [0.25, 0.3) is 0 Å². The number of hydrogen-bond acceptors (Lipinski definition) is 3. The molecule has 2 amide bonds. The van der Waals surface area contributed by atoms with Gasteiger partial charge in [-0.3, -0.25) is 9.59 Å². The van der Waals surface area contributed by atoms with E-state index in [4.69, 9.17) is 0 Å². The van der Waals surface area contributed by atoms with Crippen LogP contribution in [0.1, 0.15) is 32.1 Å². The molecule has 2 fully saturated rings. The molecule has 25 heavy (non-hydrogen) atoms. The largest absolute Gasteiger partial charge is 0.336 e. The van der Waals surface area contributed by atoms with Crippen molar-refractivity contribution in [3.05, 3.63) is 29.8 Å². The monoisotopic (exact) mass is 351 g/mol. The van der Waals surface area contributed by atoms with Gasteiger partial charge in [0.1, 0.15) is 11.6 Å². The number of benzene rings is 1. The fourth-order valence-electron chi connectivity index (χ4n) is 3.87. The molecule has 3 rings (SSSR count). The maximum absolute atomic E-state index is 13.1. The number of anilines is 1. The Balaban J connectivity index is 1.48. The van der Waals surface area contributed by atoms with E-state index in [0.717, 1.165) is 31.0 Å². The SMILES string of the molecule is CN(CC(=O)Nc1cc(F)cc(F)c1)C(=O)CC1CC2CCC(C1)N2. The maximum atomic E-state index is 13.1. The molecule has 136 valence electrons. The minimum atomic E-state index is -0.764. The number of hydrogen-bond donors (Lipinski definition) is 2. The van der Waals surface area contributed by atoms with Gasteiger partial charge in [-0.15, -0.1) is 0 Å². The van der Waals surface area contributed by atoms with Crippen molar-refractivity contribution in [1.82, 2.24) is 10.2 Å². The molecule has 0 aromatic heterocycles. The first-order chi connectivity index (χ1) is 11.9. The Kier molecular flexibility index (Phi) is 5.32. The number of piperidine rings is 1. The molecular weight excluding hydrogens is 328 g/mol. The van der Waals surface area contributed by atoms with Gasteiger partial charge in [0.2, 0.25) is 11.8 Å². The van der Waals surface area contributed by atoms with Crippen molar-refractivity contribution >= 4 is 17.5 Å². The van der Waals surface area contributed by atoms with Crippen molar-refractivity contribution < 1.29 is 18.4 Å². The second-order valence-corrected chi connectivity index (χ2v) is 7.14. The summed E-state index contributed by atoms with van der Waals surface area (Å²) in [7, 11) is 1.57. The normalized spacial score (nSPS) is 24.8. The molecule has 2 aliphatic heterocycles. The first-order valence-corrected chi connectivity index (χ1v) is 8.65. The van der Waals surface area contributed by atoms with Crippen molar-refractivity contribution in [1.29, 1.82) is 0 Å². The molecule has 1 aromatic carbocycles. The molecular formula is C18H23F2N3O2. The van der Waals surface area contributed by atoms with Crippen LogP contribution in [0.4, 0.5) is 14.5 Å². The Bertz CT molecular complexity index is 635. The van der Waals surface area contributed by atoms with Gasteiger partial charge in [-0.25, -0.2) is 8.78 Å². The predicted octanol–water partition coefficient (Wildman–Crippen LogP) is 2.28. The fourth-order valence-corrected chi connectivity index (χ4v) is 3.87. The van der Waals surface area contributed by atoms with Crippen LogP contribution in [0.5, 0.6) is 0 Å². The number of halogens is 2. The standard InChI is InChI=1S/C18H23F2N3O2/c1-23(10-17(24)22-16-8-12(19)7-13(20)9-16)18(25)6-11-4-14-2-3-15(5-11)21-14/h7-9,11,14-15,21H,2-6,10H2,1H3,(H,22,24). The molecule has 5 nitrogen and oxygen atoms in total. The van der Waals surface area contributed by atoms with Gasteiger partial charge < -0.3 is 15.5 Å². The van der Waals surface area contributed by atoms with Crippen LogP contribution >= 0.6 is 0 Å². The number of fused-ring (bicyclic) bond motifs is 2. The molecule has 0 aliphatic carbocycles. The Labute approximate surface area is 145 Å². The molecule has 2 saturated heterocycles. The highest BCUT2D eigenvalue weighted by Gasteiger charge is 2.34. The van der Waals surface area contributed by atoms with Crippen molar-refractivity contribution in [2.24, 2.45) is 5.92 Å². The Morgan fingerprint density at radius 2 is 1.76 bits per heavy atom. The van der Waals surface area contributed by atoms with E-state index >= 15 is 0 Å². The predicted molar refractivity (Wildman–Crippen MR) is 89.9 cm³/mol. The van der Waals surface area contributed by atoms with Crippen LogP contribution in [0, 0.1) is 17.6 Å². The highest BCUT2D eigenvalue weighted by Crippen LogP contribution is 2.32. The van der Waals surface area contributed by atoms with Gasteiger partial charge in [-0.05, 0) is 43.7 Å². The van der Waals surface area contributed by atoms with E-state index in [0.29, 0.717) is 24.4 Å². The third-order valence-corrected chi connectivity index (χ3v) is 4.99. The average molecular weight is 351 g/mol. The van der Waals surface area contributed by atoms with Crippen molar-refractivity contribution in [3.63, 3.8) is 0 Å². The molecule has 2 N–H and O–H groups in total. The molecule has 2 aliphatic rings. The maximum Gasteiger partial charge on any atom is 0.243 e. The van der Waals surface area contributed by atoms with E-state index in [-0.39, 0.29) is 18.1 Å². The van der Waals surface area contributed by atoms with E-state index in [1.807, 2.05) is 0 Å². The van der Waals surface area contributed by atoms with Crippen LogP contribution in [-0.4, -0.2) is 42.4 Å². The molecule has 1 aromatic rings. The number of carbonyl (C=O) groups is 2. The van der Waals surface area contributed by atoms with Crippen molar-refractivity contribution in [2.45, 2.75) is 44.2 Å². The summed E-state index contributed by atoms with van der Waals surface area (Å²) in [5.74, 6) is -1.73. The molecule has 0 saturated carbocycles. The summed E-state index contributed by atoms with van der Waals surface area (Å²) in [5, 5.41) is 5.96. The lowest BCUT2D eigenvalue weighted by Crippen LogP contribution is -2.41. The number of likely N-dealkylation sites (N-methyl/N-ethyl adjacent to an activating group) is 1. The molecule has 2 bridgehead atoms. The lowest BCUT2D eigenvalue weighted by atomic mass is 9.89. The second kappa shape index (κ2) is 7.47. The molecule has 7 heteroatoms. The molecule has 2 heterocycles. The quantitative estimate of drug-likeness (QED) is 0.856. The minimum Gasteiger partial charge on any atom is -0.336 e. The van der Waals surface area contributed by atoms with Gasteiger partial charge >= 0.3 is 0 Å². The van der Waals surface area contributed by atoms with E-state index in [2.05, 4.69) is 10.6 Å². The van der Waals surface area contributed by atoms with Gasteiger partial charge in [-0.1, -0.05) is 0 Å². The lowest BCUT2D eigenvalue weighted by molar-refractivity contribution is -0.134. The third-order valence-electron chi connectivity index (χ3n) is 4.99. The first kappa shape index (κ1) is 17.8. The Morgan fingerprint density at radius 1 is 1.16 bits per heavy atom. The van der Waals surface area contributed by atoms with Crippen LogP contribution in [0.3, 0.4) is 0 Å². The van der Waals surface area contributed by atoms with Crippen molar-refractivity contribution in [3.8, 4) is 0 Å². The Hall–Kier alpha value is -2.02. The molecule has 2 atom stereocenters. The number of amides is 2. The summed E-state index contributed by atoms with van der Waals surface area (Å²) >= 11 is 0. The summed E-state index contributed by atoms with van der Waals surface area (Å²) < 4.78 is 26.3. The zero-order valence-electron chi connectivity index (χ0n) is 14.2. The van der Waals surface area contributed by atoms with Gasteiger partial charge in [0, 0.05) is 37.3 Å². The summed E-state index contributed by atoms with van der Waals surface area (Å²) in [5.41, 5.74) is 0.0401. The van der Waals surface area contributed by atoms with E-state index < -0.39 is 17.5 Å². The number of rotatable bonds is 5. The van der Waals surface area contributed by atoms with E-state index in [1.165, 1.54) is 17.7 Å². The zero-order chi connectivity index (χ0) is 18.0. The zero-order valence-corrected chi connectivity index (χ0v) is 14.2. The fraction of sp³-hybridized carbons (Fsp3) is 0.556. The minimum absolute atomic E-state index is 0.0401. The van der Waals surface area contributed by atoms with E-state index in [9.17, 15) is 18.4 Å². The second-order valence-electron chi connectivity index (χ2n) is 7.14. The smallest absolute Gasteiger partial charge is 0.243 e. The number of nitrogens with one attached hydrogen (secondary N) is 2. The topological polar surface area (TPSA) is 61.4 Å². The van der Waals surface area contributed by atoms with Gasteiger partial charge in [0.05, 0.1) is 6.54 Å². The Morgan fingerprint density at radius 3 is 2.36 bits per heavy atom. The van der Waals surface area contributed by atoms with Crippen LogP contribution in [0.15, 0.2) is 18.2 Å². The third kappa shape index (κ3) is 4.75. The first-order valence-electron chi connectivity index (χ1n) is 8.65.